The van der Waals surface area contributed by atoms with Crippen molar-refractivity contribution in [3.05, 3.63) is 141 Å². The van der Waals surface area contributed by atoms with Gasteiger partial charge in [-0.2, -0.15) is 10.2 Å². The number of unbranched alkanes of at least 4 members (excludes halogenated alkanes) is 3. The standard InChI is InChI=1S/C50H57N7O/c1-8-13-16-38(11-4)36-56(37-39(12-5)17-14-9-2)45-31-29-44(30-32-45)55-54-43-27-24-42(25-28-43)23-20-40-18-21-41(22-19-40)26-33-46-48(53-7)49(47(35-51)52-6)57(50(46)58)34-15-10-3/h18-19,21-22,24-33,38-39H,8-17,34,36-37H2,1-5H3/b33-26+,49-47+,55-54?. The zero-order chi connectivity index (χ0) is 41.7. The SMILES string of the molecule is [C-]#[N+]C1=C(/C=C/c2ccc(C#Cc3ccc(N=Nc4ccc(N(CC(CC)CCCC)CC(CC)CCCC)cc4)cc3)cc2)C(=O)N(CCCC)/C1=C(\C#N)[N+]#[C-]. The molecule has 0 saturated carbocycles. The van der Waals surface area contributed by atoms with E-state index >= 15 is 0 Å². The van der Waals surface area contributed by atoms with Crippen molar-refractivity contribution in [1.29, 1.82) is 5.26 Å². The molecule has 8 nitrogen and oxygen atoms in total. The molecule has 0 radical (unpaired) electrons. The van der Waals surface area contributed by atoms with Crippen LogP contribution in [0.3, 0.4) is 0 Å². The molecular weight excluding hydrogens is 715 g/mol. The van der Waals surface area contributed by atoms with Crippen molar-refractivity contribution in [2.45, 2.75) is 98.8 Å². The predicted molar refractivity (Wildman–Crippen MR) is 237 cm³/mol. The molecule has 2 atom stereocenters. The van der Waals surface area contributed by atoms with Crippen LogP contribution in [-0.2, 0) is 4.79 Å². The highest BCUT2D eigenvalue weighted by Crippen LogP contribution is 2.35. The monoisotopic (exact) mass is 771 g/mol. The summed E-state index contributed by atoms with van der Waals surface area (Å²) in [5, 5.41) is 18.5. The van der Waals surface area contributed by atoms with Crippen LogP contribution in [0, 0.1) is 48.2 Å². The molecule has 0 N–H and O–H groups in total. The normalized spacial score (nSPS) is 14.5. The molecule has 1 aliphatic heterocycles. The van der Waals surface area contributed by atoms with Crippen LogP contribution in [-0.4, -0.2) is 30.4 Å². The quantitative estimate of drug-likeness (QED) is 0.0496. The van der Waals surface area contributed by atoms with Crippen LogP contribution in [0.15, 0.2) is 112 Å². The van der Waals surface area contributed by atoms with Crippen LogP contribution in [0.1, 0.15) is 116 Å². The number of nitriles is 1. The minimum absolute atomic E-state index is 0.0346. The molecule has 0 bridgehead atoms. The van der Waals surface area contributed by atoms with Crippen LogP contribution in [0.25, 0.3) is 15.8 Å². The maximum absolute atomic E-state index is 13.3. The van der Waals surface area contributed by atoms with Gasteiger partial charge in [-0.1, -0.05) is 116 Å². The number of amides is 1. The third kappa shape index (κ3) is 12.6. The van der Waals surface area contributed by atoms with Gasteiger partial charge in [-0.15, -0.1) is 0 Å². The summed E-state index contributed by atoms with van der Waals surface area (Å²) in [5.74, 6) is 7.44. The highest BCUT2D eigenvalue weighted by atomic mass is 16.2. The van der Waals surface area contributed by atoms with Crippen molar-refractivity contribution in [2.24, 2.45) is 22.1 Å². The fourth-order valence-corrected chi connectivity index (χ4v) is 6.97. The molecule has 0 aromatic heterocycles. The number of carbonyl (C=O) groups is 1. The molecule has 3 aromatic rings. The Morgan fingerprint density at radius 2 is 1.28 bits per heavy atom. The van der Waals surface area contributed by atoms with Gasteiger partial charge in [0.15, 0.2) is 0 Å². The average molecular weight is 772 g/mol. The van der Waals surface area contributed by atoms with Gasteiger partial charge in [0.1, 0.15) is 0 Å². The van der Waals surface area contributed by atoms with Crippen LogP contribution < -0.4 is 4.90 Å². The van der Waals surface area contributed by atoms with E-state index in [0.717, 1.165) is 47.6 Å². The number of hydrogen-bond donors (Lipinski definition) is 0. The fraction of sp³-hybridized carbons (Fsp3) is 0.400. The summed E-state index contributed by atoms with van der Waals surface area (Å²) in [4.78, 5) is 24.1. The maximum atomic E-state index is 13.3. The number of rotatable bonds is 20. The zero-order valence-electron chi connectivity index (χ0n) is 35.0. The summed E-state index contributed by atoms with van der Waals surface area (Å²) >= 11 is 0. The van der Waals surface area contributed by atoms with E-state index in [-0.39, 0.29) is 28.6 Å². The number of allylic oxidation sites excluding steroid dienone is 1. The molecule has 1 aliphatic rings. The van der Waals surface area contributed by atoms with E-state index < -0.39 is 0 Å². The van der Waals surface area contributed by atoms with E-state index in [2.05, 4.69) is 88.6 Å². The molecular formula is C50H57N7O. The molecule has 0 aliphatic carbocycles. The smallest absolute Gasteiger partial charge is 0.274 e. The van der Waals surface area contributed by atoms with Crippen LogP contribution in [0.4, 0.5) is 17.1 Å². The Morgan fingerprint density at radius 1 is 0.759 bits per heavy atom. The van der Waals surface area contributed by atoms with Gasteiger partial charge in [0, 0.05) is 42.0 Å². The van der Waals surface area contributed by atoms with Crippen LogP contribution in [0.2, 0.25) is 0 Å². The maximum Gasteiger partial charge on any atom is 0.274 e. The third-order valence-corrected chi connectivity index (χ3v) is 10.6. The molecule has 3 aromatic carbocycles. The molecule has 298 valence electrons. The Morgan fingerprint density at radius 3 is 1.74 bits per heavy atom. The van der Waals surface area contributed by atoms with Crippen molar-refractivity contribution in [1.82, 2.24) is 4.90 Å². The topological polar surface area (TPSA) is 80.8 Å². The molecule has 1 amide bonds. The highest BCUT2D eigenvalue weighted by Gasteiger charge is 2.36. The second-order valence-electron chi connectivity index (χ2n) is 14.8. The number of carbonyl (C=O) groups excluding carboxylic acids is 1. The molecule has 58 heavy (non-hydrogen) atoms. The first-order chi connectivity index (χ1) is 28.3. The van der Waals surface area contributed by atoms with E-state index in [1.54, 1.807) is 12.2 Å². The minimum atomic E-state index is -0.371. The van der Waals surface area contributed by atoms with E-state index in [4.69, 9.17) is 13.1 Å². The molecule has 0 saturated heterocycles. The number of azo groups is 1. The van der Waals surface area contributed by atoms with Crippen molar-refractivity contribution < 1.29 is 4.79 Å². The largest absolute Gasteiger partial charge is 0.371 e. The molecule has 2 unspecified atom stereocenters. The Hall–Kier alpha value is -6.22. The second kappa shape index (κ2) is 23.8. The van der Waals surface area contributed by atoms with Gasteiger partial charge in [-0.05, 0) is 97.3 Å². The van der Waals surface area contributed by atoms with E-state index in [1.165, 1.54) is 62.0 Å². The average Bonchev–Trinajstić information content (AvgIpc) is 3.53. The van der Waals surface area contributed by atoms with E-state index in [1.807, 2.05) is 61.5 Å². The molecule has 0 fully saturated rings. The summed E-state index contributed by atoms with van der Waals surface area (Å²) in [6.45, 7) is 28.9. The van der Waals surface area contributed by atoms with Crippen molar-refractivity contribution >= 4 is 29.0 Å². The zero-order valence-corrected chi connectivity index (χ0v) is 35.0. The molecule has 4 rings (SSSR count). The van der Waals surface area contributed by atoms with Gasteiger partial charge in [0.2, 0.25) is 11.6 Å². The van der Waals surface area contributed by atoms with Gasteiger partial charge in [0.05, 0.1) is 36.3 Å². The summed E-state index contributed by atoms with van der Waals surface area (Å²) in [6.07, 6.45) is 14.9. The Bertz CT molecular complexity index is 2090. The Labute approximate surface area is 347 Å². The number of hydrogen-bond acceptors (Lipinski definition) is 5. The van der Waals surface area contributed by atoms with E-state index in [9.17, 15) is 10.1 Å². The molecule has 8 heteroatoms. The molecule has 0 spiro atoms. The minimum Gasteiger partial charge on any atom is -0.371 e. The van der Waals surface area contributed by atoms with Gasteiger partial charge >= 0.3 is 0 Å². The van der Waals surface area contributed by atoms with Crippen LogP contribution in [0.5, 0.6) is 0 Å². The lowest BCUT2D eigenvalue weighted by Gasteiger charge is -2.32. The lowest BCUT2D eigenvalue weighted by atomic mass is 9.95. The first kappa shape index (κ1) is 44.5. The van der Waals surface area contributed by atoms with Crippen molar-refractivity contribution in [3.63, 3.8) is 0 Å². The third-order valence-electron chi connectivity index (χ3n) is 10.6. The number of benzene rings is 3. The van der Waals surface area contributed by atoms with Crippen molar-refractivity contribution in [2.75, 3.05) is 24.5 Å². The number of nitrogens with zero attached hydrogens (tertiary/aromatic N) is 7. The fourth-order valence-electron chi connectivity index (χ4n) is 6.97. The summed E-state index contributed by atoms with van der Waals surface area (Å²) < 4.78 is 0. The first-order valence-corrected chi connectivity index (χ1v) is 20.9. The van der Waals surface area contributed by atoms with Gasteiger partial charge < -0.3 is 9.80 Å². The second-order valence-corrected chi connectivity index (χ2v) is 14.8. The predicted octanol–water partition coefficient (Wildman–Crippen LogP) is 13.2. The Balaban J connectivity index is 1.41. The van der Waals surface area contributed by atoms with Crippen LogP contribution >= 0.6 is 0 Å². The first-order valence-electron chi connectivity index (χ1n) is 20.9. The van der Waals surface area contributed by atoms with Gasteiger partial charge in [-0.3, -0.25) is 4.79 Å². The van der Waals surface area contributed by atoms with Gasteiger partial charge in [0.25, 0.3) is 5.70 Å². The number of anilines is 1. The van der Waals surface area contributed by atoms with Gasteiger partial charge in [-0.25, -0.2) is 15.0 Å². The lowest BCUT2D eigenvalue weighted by molar-refractivity contribution is -0.124. The lowest BCUT2D eigenvalue weighted by Crippen LogP contribution is -2.34. The van der Waals surface area contributed by atoms with Crippen molar-refractivity contribution in [3.8, 4) is 17.9 Å². The summed E-state index contributed by atoms with van der Waals surface area (Å²) in [5.41, 5.74) is 5.41. The summed E-state index contributed by atoms with van der Waals surface area (Å²) in [7, 11) is 0. The molecule has 1 heterocycles. The van der Waals surface area contributed by atoms with E-state index in [0.29, 0.717) is 24.8 Å². The Kier molecular flexibility index (Phi) is 18.2. The summed E-state index contributed by atoms with van der Waals surface area (Å²) in [6, 6.07) is 25.7. The highest BCUT2D eigenvalue weighted by molar-refractivity contribution is 6.04.